The first-order valence-electron chi connectivity index (χ1n) is 3.49. The first-order chi connectivity index (χ1) is 6.03. The molecular formula is C8H7F5S. The minimum absolute atomic E-state index is 0.357. The van der Waals surface area contributed by atoms with Gasteiger partial charge in [-0.2, -0.15) is 0 Å². The summed E-state index contributed by atoms with van der Waals surface area (Å²) in [7, 11) is -9.50. The minimum atomic E-state index is -9.50. The van der Waals surface area contributed by atoms with Crippen molar-refractivity contribution in [3.8, 4) is 0 Å². The normalized spacial score (nSPS) is 16.9. The van der Waals surface area contributed by atoms with Gasteiger partial charge in [-0.1, -0.05) is 44.2 Å². The van der Waals surface area contributed by atoms with Gasteiger partial charge in [-0.05, 0) is 17.7 Å². The summed E-state index contributed by atoms with van der Waals surface area (Å²) in [6.45, 7) is 3.30. The van der Waals surface area contributed by atoms with Crippen LogP contribution in [-0.2, 0) is 0 Å². The van der Waals surface area contributed by atoms with Crippen LogP contribution < -0.4 is 0 Å². The summed E-state index contributed by atoms with van der Waals surface area (Å²) in [5, 5.41) is 0. The third kappa shape index (κ3) is 2.47. The van der Waals surface area contributed by atoms with E-state index in [-0.39, 0.29) is 0 Å². The van der Waals surface area contributed by atoms with Gasteiger partial charge in [0, 0.05) is 0 Å². The molecule has 0 aliphatic carbocycles. The average molecular weight is 230 g/mol. The Kier molecular flexibility index (Phi) is 1.82. The van der Waals surface area contributed by atoms with Crippen molar-refractivity contribution in [1.82, 2.24) is 0 Å². The van der Waals surface area contributed by atoms with Gasteiger partial charge in [0.05, 0.1) is 0 Å². The van der Waals surface area contributed by atoms with Crippen LogP contribution in [0, 0.1) is 0 Å². The van der Waals surface area contributed by atoms with E-state index in [2.05, 4.69) is 6.58 Å². The van der Waals surface area contributed by atoms with Gasteiger partial charge in [0.1, 0.15) is 4.90 Å². The standard InChI is InChI=1S/C8H7F5S/c1-2-7-3-5-8(6-4-7)14(9,10,11,12)13/h2-6H,1H2. The molecule has 0 saturated heterocycles. The van der Waals surface area contributed by atoms with Crippen LogP contribution in [0.1, 0.15) is 5.56 Å². The summed E-state index contributed by atoms with van der Waals surface area (Å²) >= 11 is 0. The molecule has 0 unspecified atom stereocenters. The topological polar surface area (TPSA) is 0 Å². The lowest BCUT2D eigenvalue weighted by Crippen LogP contribution is -2.05. The molecule has 1 aromatic rings. The molecule has 0 atom stereocenters. The molecular weight excluding hydrogens is 223 g/mol. The SMILES string of the molecule is C=Cc1ccc(S(F)(F)(F)(F)F)cc1. The maximum absolute atomic E-state index is 12.2. The van der Waals surface area contributed by atoms with Gasteiger partial charge in [0.25, 0.3) is 0 Å². The highest BCUT2D eigenvalue weighted by atomic mass is 32.5. The van der Waals surface area contributed by atoms with Gasteiger partial charge in [0.2, 0.25) is 0 Å². The Morgan fingerprint density at radius 3 is 1.64 bits per heavy atom. The van der Waals surface area contributed by atoms with Crippen molar-refractivity contribution in [2.24, 2.45) is 0 Å². The maximum Gasteiger partial charge on any atom is 0.310 e. The van der Waals surface area contributed by atoms with Gasteiger partial charge in [0.15, 0.2) is 0 Å². The third-order valence-electron chi connectivity index (χ3n) is 1.56. The number of hydrogen-bond acceptors (Lipinski definition) is 0. The van der Waals surface area contributed by atoms with Crippen molar-refractivity contribution < 1.29 is 19.4 Å². The first-order valence-corrected chi connectivity index (χ1v) is 5.45. The van der Waals surface area contributed by atoms with Crippen molar-refractivity contribution in [2.75, 3.05) is 0 Å². The summed E-state index contributed by atoms with van der Waals surface area (Å²) in [6.07, 6.45) is 1.27. The molecule has 0 nitrogen and oxygen atoms in total. The van der Waals surface area contributed by atoms with Gasteiger partial charge >= 0.3 is 10.2 Å². The lowest BCUT2D eigenvalue weighted by atomic mass is 10.2. The second kappa shape index (κ2) is 2.31. The minimum Gasteiger partial charge on any atom is -0.0985 e. The molecule has 6 heteroatoms. The summed E-state index contributed by atoms with van der Waals surface area (Å²) in [6, 6.07) is 2.61. The van der Waals surface area contributed by atoms with Crippen LogP contribution in [0.25, 0.3) is 6.08 Å². The van der Waals surface area contributed by atoms with Crippen LogP contribution in [0.2, 0.25) is 0 Å². The third-order valence-corrected chi connectivity index (χ3v) is 2.72. The van der Waals surface area contributed by atoms with Crippen molar-refractivity contribution >= 4 is 16.3 Å². The average Bonchev–Trinajstić information content (AvgIpc) is 2.01. The molecule has 0 aromatic heterocycles. The summed E-state index contributed by atoms with van der Waals surface area (Å²) < 4.78 is 60.8. The summed E-state index contributed by atoms with van der Waals surface area (Å²) in [5.41, 5.74) is 0.357. The van der Waals surface area contributed by atoms with Crippen LogP contribution >= 0.6 is 10.2 Å². The van der Waals surface area contributed by atoms with Crippen LogP contribution in [0.5, 0.6) is 0 Å². The predicted molar refractivity (Wildman–Crippen MR) is 47.9 cm³/mol. The number of hydrogen-bond donors (Lipinski definition) is 0. The smallest absolute Gasteiger partial charge is 0.0985 e. The van der Waals surface area contributed by atoms with Crippen molar-refractivity contribution in [3.63, 3.8) is 0 Å². The molecule has 0 fully saturated rings. The molecule has 0 aliphatic rings. The number of halogens is 5. The highest BCUT2D eigenvalue weighted by molar-refractivity contribution is 8.45. The van der Waals surface area contributed by atoms with Gasteiger partial charge in [-0.25, -0.2) is 0 Å². The van der Waals surface area contributed by atoms with E-state index in [1.807, 2.05) is 0 Å². The molecule has 0 heterocycles. The van der Waals surface area contributed by atoms with E-state index in [4.69, 9.17) is 0 Å². The molecule has 0 radical (unpaired) electrons. The molecule has 1 aromatic carbocycles. The fourth-order valence-electron chi connectivity index (χ4n) is 0.861. The molecule has 0 spiro atoms. The first kappa shape index (κ1) is 11.0. The van der Waals surface area contributed by atoms with E-state index in [0.29, 0.717) is 17.7 Å². The molecule has 0 N–H and O–H groups in total. The summed E-state index contributed by atoms with van der Waals surface area (Å²) in [4.78, 5) is -1.88. The zero-order chi connectivity index (χ0) is 11.1. The quantitative estimate of drug-likeness (QED) is 0.628. The van der Waals surface area contributed by atoms with E-state index in [0.717, 1.165) is 12.1 Å². The second-order valence-corrected chi connectivity index (χ2v) is 5.15. The Labute approximate surface area is 77.8 Å². The highest BCUT2D eigenvalue weighted by Crippen LogP contribution is 3.02. The largest absolute Gasteiger partial charge is 0.310 e. The van der Waals surface area contributed by atoms with Gasteiger partial charge in [-0.15, -0.1) is 0 Å². The summed E-state index contributed by atoms with van der Waals surface area (Å²) in [5.74, 6) is 0. The molecule has 14 heavy (non-hydrogen) atoms. The Bertz CT molecular complexity index is 360. The van der Waals surface area contributed by atoms with E-state index >= 15 is 0 Å². The fraction of sp³-hybridized carbons (Fsp3) is 0. The molecule has 1 rings (SSSR count). The zero-order valence-corrected chi connectivity index (χ0v) is 7.71. The second-order valence-electron chi connectivity index (χ2n) is 2.74. The Morgan fingerprint density at radius 2 is 1.36 bits per heavy atom. The van der Waals surface area contributed by atoms with Crippen LogP contribution in [0.3, 0.4) is 0 Å². The Morgan fingerprint density at radius 1 is 0.929 bits per heavy atom. The highest BCUT2D eigenvalue weighted by Gasteiger charge is 2.65. The lowest BCUT2D eigenvalue weighted by Gasteiger charge is -2.40. The van der Waals surface area contributed by atoms with Crippen molar-refractivity contribution in [3.05, 3.63) is 36.4 Å². The number of rotatable bonds is 2. The molecule has 0 bridgehead atoms. The number of benzene rings is 1. The monoisotopic (exact) mass is 230 g/mol. The van der Waals surface area contributed by atoms with Crippen LogP contribution in [-0.4, -0.2) is 0 Å². The zero-order valence-electron chi connectivity index (χ0n) is 6.89. The molecule has 0 saturated carbocycles. The Hall–Kier alpha value is -1.04. The molecule has 0 amide bonds. The lowest BCUT2D eigenvalue weighted by molar-refractivity contribution is 0.364. The van der Waals surface area contributed by atoms with E-state index in [1.54, 1.807) is 0 Å². The molecule has 0 aliphatic heterocycles. The predicted octanol–water partition coefficient (Wildman–Crippen LogP) is 4.99. The maximum atomic E-state index is 12.2. The van der Waals surface area contributed by atoms with E-state index < -0.39 is 15.1 Å². The fourth-order valence-corrected chi connectivity index (χ4v) is 1.51. The van der Waals surface area contributed by atoms with Crippen molar-refractivity contribution in [1.29, 1.82) is 0 Å². The van der Waals surface area contributed by atoms with Crippen LogP contribution in [0.4, 0.5) is 19.4 Å². The van der Waals surface area contributed by atoms with E-state index in [1.165, 1.54) is 6.08 Å². The van der Waals surface area contributed by atoms with Crippen molar-refractivity contribution in [2.45, 2.75) is 4.90 Å². The Balaban J connectivity index is 3.31. The van der Waals surface area contributed by atoms with Gasteiger partial charge < -0.3 is 0 Å². The van der Waals surface area contributed by atoms with Gasteiger partial charge in [-0.3, -0.25) is 0 Å². The van der Waals surface area contributed by atoms with E-state index in [9.17, 15) is 19.4 Å². The molecule has 80 valence electrons. The van der Waals surface area contributed by atoms with Crippen LogP contribution in [0.15, 0.2) is 35.7 Å².